The topological polar surface area (TPSA) is 71.0 Å². The second-order valence-electron chi connectivity index (χ2n) is 4.56. The van der Waals surface area contributed by atoms with Crippen molar-refractivity contribution in [3.05, 3.63) is 26.4 Å². The van der Waals surface area contributed by atoms with Crippen molar-refractivity contribution in [1.82, 2.24) is 9.13 Å². The highest BCUT2D eigenvalue weighted by Crippen LogP contribution is 2.19. The molecule has 1 fully saturated rings. The van der Waals surface area contributed by atoms with Gasteiger partial charge in [0.2, 0.25) is 0 Å². The van der Waals surface area contributed by atoms with Crippen LogP contribution in [0.5, 0.6) is 0 Å². The maximum atomic E-state index is 11.9. The lowest BCUT2D eigenvalue weighted by Gasteiger charge is -2.30. The minimum absolute atomic E-state index is 0.0569. The molecule has 2 heterocycles. The number of rotatable bonds is 1. The van der Waals surface area contributed by atoms with Gasteiger partial charge in [-0.2, -0.15) is 5.26 Å². The van der Waals surface area contributed by atoms with Gasteiger partial charge in [-0.05, 0) is 19.3 Å². The molecule has 18 heavy (non-hydrogen) atoms. The summed E-state index contributed by atoms with van der Waals surface area (Å²) in [4.78, 5) is 25.8. The van der Waals surface area contributed by atoms with Crippen molar-refractivity contribution in [1.29, 1.82) is 5.26 Å². The monoisotopic (exact) mass is 248 g/mol. The number of hydrogen-bond acceptors (Lipinski definition) is 4. The van der Waals surface area contributed by atoms with E-state index in [9.17, 15) is 9.59 Å². The van der Waals surface area contributed by atoms with Gasteiger partial charge < -0.3 is 4.90 Å². The minimum atomic E-state index is -0.513. The van der Waals surface area contributed by atoms with Gasteiger partial charge in [0, 0.05) is 27.2 Å². The van der Waals surface area contributed by atoms with E-state index < -0.39 is 5.56 Å². The van der Waals surface area contributed by atoms with Gasteiger partial charge in [-0.15, -0.1) is 0 Å². The summed E-state index contributed by atoms with van der Waals surface area (Å²) in [6.45, 7) is 1.57. The van der Waals surface area contributed by atoms with E-state index in [-0.39, 0.29) is 11.3 Å². The van der Waals surface area contributed by atoms with Crippen LogP contribution >= 0.6 is 0 Å². The van der Waals surface area contributed by atoms with Crippen LogP contribution < -0.4 is 16.1 Å². The number of anilines is 1. The summed E-state index contributed by atoms with van der Waals surface area (Å²) >= 11 is 0. The van der Waals surface area contributed by atoms with Gasteiger partial charge in [-0.25, -0.2) is 4.79 Å². The summed E-state index contributed by atoms with van der Waals surface area (Å²) in [6.07, 6.45) is 3.19. The first-order valence-corrected chi connectivity index (χ1v) is 6.03. The Hall–Kier alpha value is -2.03. The summed E-state index contributed by atoms with van der Waals surface area (Å²) in [5, 5.41) is 9.16. The highest BCUT2D eigenvalue weighted by molar-refractivity contribution is 5.53. The molecule has 0 atom stereocenters. The molecular weight excluding hydrogens is 232 g/mol. The highest BCUT2D eigenvalue weighted by Gasteiger charge is 2.21. The first-order valence-electron chi connectivity index (χ1n) is 6.03. The lowest BCUT2D eigenvalue weighted by atomic mass is 10.1. The first kappa shape index (κ1) is 12.4. The van der Waals surface area contributed by atoms with Crippen LogP contribution in [0.3, 0.4) is 0 Å². The molecule has 0 N–H and O–H groups in total. The van der Waals surface area contributed by atoms with Gasteiger partial charge in [0.15, 0.2) is 5.56 Å². The van der Waals surface area contributed by atoms with Gasteiger partial charge in [0.05, 0.1) is 0 Å². The van der Waals surface area contributed by atoms with Gasteiger partial charge in [0.1, 0.15) is 11.9 Å². The number of piperidine rings is 1. The van der Waals surface area contributed by atoms with Gasteiger partial charge in [-0.1, -0.05) is 0 Å². The molecule has 1 aliphatic heterocycles. The van der Waals surface area contributed by atoms with Crippen LogP contribution in [0.2, 0.25) is 0 Å². The maximum Gasteiger partial charge on any atom is 0.332 e. The van der Waals surface area contributed by atoms with Crippen LogP contribution in [0.1, 0.15) is 24.8 Å². The first-order chi connectivity index (χ1) is 8.57. The number of hydrogen-bond donors (Lipinski definition) is 0. The predicted octanol–water partition coefficient (Wildman–Crippen LogP) is -0.0540. The van der Waals surface area contributed by atoms with Crippen LogP contribution in [0.25, 0.3) is 0 Å². The Labute approximate surface area is 105 Å². The molecule has 96 valence electrons. The largest absolute Gasteiger partial charge is 0.357 e. The Kier molecular flexibility index (Phi) is 3.24. The normalized spacial score (nSPS) is 15.5. The summed E-state index contributed by atoms with van der Waals surface area (Å²) in [7, 11) is 3.00. The van der Waals surface area contributed by atoms with E-state index in [1.165, 1.54) is 11.6 Å². The van der Waals surface area contributed by atoms with E-state index in [4.69, 9.17) is 5.26 Å². The Balaban J connectivity index is 2.69. The third-order valence-electron chi connectivity index (χ3n) is 3.40. The Morgan fingerprint density at radius 2 is 1.67 bits per heavy atom. The number of nitrogens with zero attached hydrogens (tertiary/aromatic N) is 4. The number of aromatic nitrogens is 2. The summed E-state index contributed by atoms with van der Waals surface area (Å²) in [5.41, 5.74) is -0.845. The van der Waals surface area contributed by atoms with Crippen molar-refractivity contribution in [2.75, 3.05) is 18.0 Å². The van der Waals surface area contributed by atoms with Crippen LogP contribution in [-0.4, -0.2) is 22.2 Å². The predicted molar refractivity (Wildman–Crippen MR) is 67.7 cm³/mol. The van der Waals surface area contributed by atoms with Gasteiger partial charge in [0.25, 0.3) is 5.56 Å². The second-order valence-corrected chi connectivity index (χ2v) is 4.56. The Morgan fingerprint density at radius 3 is 2.22 bits per heavy atom. The molecule has 0 bridgehead atoms. The third kappa shape index (κ3) is 1.82. The van der Waals surface area contributed by atoms with Crippen LogP contribution in [0.4, 0.5) is 5.82 Å². The van der Waals surface area contributed by atoms with Crippen LogP contribution in [0.15, 0.2) is 9.59 Å². The molecule has 0 aromatic carbocycles. The second kappa shape index (κ2) is 4.69. The molecule has 0 spiro atoms. The third-order valence-corrected chi connectivity index (χ3v) is 3.40. The lowest BCUT2D eigenvalue weighted by molar-refractivity contribution is 0.555. The molecule has 1 aromatic rings. The van der Waals surface area contributed by atoms with E-state index in [2.05, 4.69) is 0 Å². The molecule has 6 heteroatoms. The molecule has 6 nitrogen and oxygen atoms in total. The highest BCUT2D eigenvalue weighted by atomic mass is 16.2. The summed E-state index contributed by atoms with van der Waals surface area (Å²) < 4.78 is 2.37. The molecule has 0 saturated carbocycles. The van der Waals surface area contributed by atoms with Crippen molar-refractivity contribution in [3.8, 4) is 6.07 Å². The summed E-state index contributed by atoms with van der Waals surface area (Å²) in [6, 6.07) is 1.94. The molecule has 0 aliphatic carbocycles. The van der Waals surface area contributed by atoms with E-state index >= 15 is 0 Å². The zero-order valence-electron chi connectivity index (χ0n) is 10.6. The SMILES string of the molecule is Cn1c(N2CCCCC2)c(C#N)c(=O)n(C)c1=O. The molecule has 1 saturated heterocycles. The summed E-state index contributed by atoms with van der Waals surface area (Å²) in [5.74, 6) is 0.463. The average molecular weight is 248 g/mol. The van der Waals surface area contributed by atoms with Crippen molar-refractivity contribution in [3.63, 3.8) is 0 Å². The number of nitriles is 1. The fraction of sp³-hybridized carbons (Fsp3) is 0.583. The standard InChI is InChI=1S/C12H16N4O2/c1-14-10(16-6-4-3-5-7-16)9(8-13)11(17)15(2)12(14)18/h3-7H2,1-2H3. The van der Waals surface area contributed by atoms with E-state index in [1.807, 2.05) is 11.0 Å². The van der Waals surface area contributed by atoms with E-state index in [0.29, 0.717) is 5.82 Å². The molecule has 0 unspecified atom stereocenters. The average Bonchev–Trinajstić information content (AvgIpc) is 2.41. The fourth-order valence-corrected chi connectivity index (χ4v) is 2.41. The van der Waals surface area contributed by atoms with Gasteiger partial charge in [-0.3, -0.25) is 13.9 Å². The molecule has 2 rings (SSSR count). The molecule has 1 aliphatic rings. The fourth-order valence-electron chi connectivity index (χ4n) is 2.41. The zero-order chi connectivity index (χ0) is 13.3. The van der Waals surface area contributed by atoms with Crippen LogP contribution in [-0.2, 0) is 14.1 Å². The Bertz CT molecular complexity index is 615. The molecule has 0 radical (unpaired) electrons. The smallest absolute Gasteiger partial charge is 0.332 e. The van der Waals surface area contributed by atoms with E-state index in [0.717, 1.165) is 36.9 Å². The van der Waals surface area contributed by atoms with Crippen LogP contribution in [0, 0.1) is 11.3 Å². The lowest BCUT2D eigenvalue weighted by Crippen LogP contribution is -2.43. The quantitative estimate of drug-likeness (QED) is 0.698. The van der Waals surface area contributed by atoms with Gasteiger partial charge >= 0.3 is 5.69 Å². The minimum Gasteiger partial charge on any atom is -0.357 e. The Morgan fingerprint density at radius 1 is 1.06 bits per heavy atom. The zero-order valence-corrected chi connectivity index (χ0v) is 10.6. The maximum absolute atomic E-state index is 11.9. The van der Waals surface area contributed by atoms with Crippen molar-refractivity contribution in [2.24, 2.45) is 14.1 Å². The van der Waals surface area contributed by atoms with Crippen molar-refractivity contribution < 1.29 is 0 Å². The molecule has 1 aromatic heterocycles. The molecular formula is C12H16N4O2. The van der Waals surface area contributed by atoms with Crippen molar-refractivity contribution in [2.45, 2.75) is 19.3 Å². The molecule has 0 amide bonds. The van der Waals surface area contributed by atoms with Crippen molar-refractivity contribution >= 4 is 5.82 Å². The van der Waals surface area contributed by atoms with E-state index in [1.54, 1.807) is 7.05 Å².